The van der Waals surface area contributed by atoms with Gasteiger partial charge in [-0.2, -0.15) is 0 Å². The largest absolute Gasteiger partial charge is 0.494 e. The fourth-order valence-electron chi connectivity index (χ4n) is 2.89. The van der Waals surface area contributed by atoms with Crippen LogP contribution in [-0.2, 0) is 6.42 Å². The van der Waals surface area contributed by atoms with Gasteiger partial charge in [-0.3, -0.25) is 4.79 Å². The SMILES string of the molecule is COc1c(Cl)cc(C(=O)N2c3ccccc3CC2C)cc1Cl. The van der Waals surface area contributed by atoms with E-state index in [1.807, 2.05) is 31.2 Å². The second-order valence-corrected chi connectivity index (χ2v) is 6.14. The van der Waals surface area contributed by atoms with Gasteiger partial charge >= 0.3 is 0 Å². The molecule has 0 spiro atoms. The summed E-state index contributed by atoms with van der Waals surface area (Å²) >= 11 is 12.3. The number of benzene rings is 2. The van der Waals surface area contributed by atoms with E-state index in [1.54, 1.807) is 17.0 Å². The maximum atomic E-state index is 12.9. The average Bonchev–Trinajstić information content (AvgIpc) is 2.82. The van der Waals surface area contributed by atoms with Crippen molar-refractivity contribution in [2.45, 2.75) is 19.4 Å². The summed E-state index contributed by atoms with van der Waals surface area (Å²) < 4.78 is 5.12. The predicted molar refractivity (Wildman–Crippen MR) is 89.4 cm³/mol. The molecular formula is C17H15Cl2NO2. The number of fused-ring (bicyclic) bond motifs is 1. The Kier molecular flexibility index (Phi) is 4.02. The zero-order valence-corrected chi connectivity index (χ0v) is 13.8. The normalized spacial score (nSPS) is 16.5. The van der Waals surface area contributed by atoms with Crippen molar-refractivity contribution in [1.82, 2.24) is 0 Å². The Morgan fingerprint density at radius 3 is 2.50 bits per heavy atom. The molecule has 22 heavy (non-hydrogen) atoms. The van der Waals surface area contributed by atoms with Crippen molar-refractivity contribution in [1.29, 1.82) is 0 Å². The molecule has 5 heteroatoms. The number of carbonyl (C=O) groups excluding carboxylic acids is 1. The molecule has 0 bridgehead atoms. The molecule has 1 aliphatic heterocycles. The summed E-state index contributed by atoms with van der Waals surface area (Å²) in [6.45, 7) is 2.03. The number of rotatable bonds is 2. The minimum atomic E-state index is -0.107. The van der Waals surface area contributed by atoms with E-state index in [2.05, 4.69) is 0 Å². The van der Waals surface area contributed by atoms with Gasteiger partial charge in [0.25, 0.3) is 5.91 Å². The monoisotopic (exact) mass is 335 g/mol. The van der Waals surface area contributed by atoms with Crippen molar-refractivity contribution < 1.29 is 9.53 Å². The van der Waals surface area contributed by atoms with Crippen molar-refractivity contribution in [3.63, 3.8) is 0 Å². The molecule has 3 nitrogen and oxygen atoms in total. The van der Waals surface area contributed by atoms with Gasteiger partial charge in [0.2, 0.25) is 0 Å². The highest BCUT2D eigenvalue weighted by molar-refractivity contribution is 6.37. The molecule has 0 N–H and O–H groups in total. The molecule has 1 aliphatic rings. The highest BCUT2D eigenvalue weighted by Gasteiger charge is 2.31. The number of amides is 1. The summed E-state index contributed by atoms with van der Waals surface area (Å²) in [7, 11) is 1.49. The number of ether oxygens (including phenoxy) is 1. The third kappa shape index (κ3) is 2.44. The Morgan fingerprint density at radius 1 is 1.23 bits per heavy atom. The van der Waals surface area contributed by atoms with Gasteiger partial charge in [0.15, 0.2) is 5.75 Å². The summed E-state index contributed by atoms with van der Waals surface area (Å²) in [5.74, 6) is 0.277. The minimum Gasteiger partial charge on any atom is -0.494 e. The molecule has 1 atom stereocenters. The Bertz CT molecular complexity index is 722. The zero-order valence-electron chi connectivity index (χ0n) is 12.3. The number of nitrogens with zero attached hydrogens (tertiary/aromatic N) is 1. The van der Waals surface area contributed by atoms with Gasteiger partial charge in [0, 0.05) is 17.3 Å². The van der Waals surface area contributed by atoms with Crippen molar-refractivity contribution >= 4 is 34.8 Å². The molecule has 0 saturated heterocycles. The molecule has 3 rings (SSSR count). The highest BCUT2D eigenvalue weighted by Crippen LogP contribution is 2.37. The van der Waals surface area contributed by atoms with Crippen molar-refractivity contribution in [3.05, 3.63) is 57.6 Å². The van der Waals surface area contributed by atoms with Gasteiger partial charge < -0.3 is 9.64 Å². The van der Waals surface area contributed by atoms with Gasteiger partial charge in [-0.25, -0.2) is 0 Å². The first kappa shape index (κ1) is 15.2. The Balaban J connectivity index is 2.02. The van der Waals surface area contributed by atoms with E-state index in [1.165, 1.54) is 12.7 Å². The lowest BCUT2D eigenvalue weighted by molar-refractivity contribution is 0.0981. The van der Waals surface area contributed by atoms with Crippen LogP contribution in [0.1, 0.15) is 22.8 Å². The van der Waals surface area contributed by atoms with Gasteiger partial charge in [-0.05, 0) is 37.1 Å². The van der Waals surface area contributed by atoms with Crippen LogP contribution in [0.2, 0.25) is 10.0 Å². The number of anilines is 1. The molecule has 0 aliphatic carbocycles. The summed E-state index contributed by atoms with van der Waals surface area (Å²) in [6.07, 6.45) is 0.847. The first-order valence-corrected chi connectivity index (χ1v) is 7.73. The maximum Gasteiger partial charge on any atom is 0.258 e. The molecule has 0 saturated carbocycles. The van der Waals surface area contributed by atoms with E-state index < -0.39 is 0 Å². The van der Waals surface area contributed by atoms with Crippen LogP contribution in [0.25, 0.3) is 0 Å². The lowest BCUT2D eigenvalue weighted by atomic mass is 10.1. The van der Waals surface area contributed by atoms with Crippen LogP contribution in [0.3, 0.4) is 0 Å². The number of methoxy groups -OCH3 is 1. The lowest BCUT2D eigenvalue weighted by Crippen LogP contribution is -2.35. The van der Waals surface area contributed by atoms with Gasteiger partial charge in [-0.15, -0.1) is 0 Å². The third-order valence-corrected chi connectivity index (χ3v) is 4.44. The van der Waals surface area contributed by atoms with Gasteiger partial charge in [-0.1, -0.05) is 41.4 Å². The number of carbonyl (C=O) groups is 1. The number of hydrogen-bond donors (Lipinski definition) is 0. The average molecular weight is 336 g/mol. The van der Waals surface area contributed by atoms with Crippen LogP contribution in [0.5, 0.6) is 5.75 Å². The van der Waals surface area contributed by atoms with Crippen LogP contribution >= 0.6 is 23.2 Å². The van der Waals surface area contributed by atoms with E-state index in [4.69, 9.17) is 27.9 Å². The zero-order chi connectivity index (χ0) is 15.9. The number of halogens is 2. The molecule has 0 aromatic heterocycles. The lowest BCUT2D eigenvalue weighted by Gasteiger charge is -2.23. The highest BCUT2D eigenvalue weighted by atomic mass is 35.5. The molecule has 2 aromatic rings. The fourth-order valence-corrected chi connectivity index (χ4v) is 3.53. The minimum absolute atomic E-state index is 0.101. The number of hydrogen-bond acceptors (Lipinski definition) is 2. The summed E-state index contributed by atoms with van der Waals surface area (Å²) in [5, 5.41) is 0.664. The van der Waals surface area contributed by atoms with Gasteiger partial charge in [0.1, 0.15) is 0 Å². The molecule has 2 aromatic carbocycles. The Morgan fingerprint density at radius 2 is 1.86 bits per heavy atom. The van der Waals surface area contributed by atoms with Crippen molar-refractivity contribution in [2.75, 3.05) is 12.0 Å². The van der Waals surface area contributed by atoms with Crippen LogP contribution in [0.4, 0.5) is 5.69 Å². The second-order valence-electron chi connectivity index (χ2n) is 5.33. The number of para-hydroxylation sites is 1. The van der Waals surface area contributed by atoms with Crippen molar-refractivity contribution in [2.24, 2.45) is 0 Å². The van der Waals surface area contributed by atoms with Crippen molar-refractivity contribution in [3.8, 4) is 5.75 Å². The molecule has 114 valence electrons. The Labute approximate surface area is 139 Å². The maximum absolute atomic E-state index is 12.9. The first-order chi connectivity index (χ1) is 10.5. The second kappa shape index (κ2) is 5.82. The van der Waals surface area contributed by atoms with E-state index in [9.17, 15) is 4.79 Å². The third-order valence-electron chi connectivity index (χ3n) is 3.88. The quantitative estimate of drug-likeness (QED) is 0.803. The summed E-state index contributed by atoms with van der Waals surface area (Å²) in [4.78, 5) is 14.7. The summed E-state index contributed by atoms with van der Waals surface area (Å²) in [5.41, 5.74) is 2.58. The van der Waals surface area contributed by atoms with E-state index in [-0.39, 0.29) is 11.9 Å². The van der Waals surface area contributed by atoms with Crippen LogP contribution in [0.15, 0.2) is 36.4 Å². The van der Waals surface area contributed by atoms with Gasteiger partial charge in [0.05, 0.1) is 17.2 Å². The smallest absolute Gasteiger partial charge is 0.258 e. The molecule has 0 radical (unpaired) electrons. The molecule has 0 fully saturated rings. The van der Waals surface area contributed by atoms with Crippen LogP contribution in [0, 0.1) is 0 Å². The molecular weight excluding hydrogens is 321 g/mol. The summed E-state index contributed by atoms with van der Waals surface area (Å²) in [6, 6.07) is 11.2. The molecule has 1 amide bonds. The van der Waals surface area contributed by atoms with E-state index in [0.717, 1.165) is 12.1 Å². The van der Waals surface area contributed by atoms with Crippen LogP contribution in [-0.4, -0.2) is 19.1 Å². The topological polar surface area (TPSA) is 29.5 Å². The van der Waals surface area contributed by atoms with Crippen LogP contribution < -0.4 is 9.64 Å². The molecule has 1 unspecified atom stereocenters. The Hall–Kier alpha value is -1.71. The standard InChI is InChI=1S/C17H15Cl2NO2/c1-10-7-11-5-3-4-6-15(11)20(10)17(21)12-8-13(18)16(22-2)14(19)9-12/h3-6,8-10H,7H2,1-2H3. The fraction of sp³-hybridized carbons (Fsp3) is 0.235. The predicted octanol–water partition coefficient (Wildman–Crippen LogP) is 4.59. The first-order valence-electron chi connectivity index (χ1n) is 6.97. The molecule has 1 heterocycles. The van der Waals surface area contributed by atoms with E-state index >= 15 is 0 Å². The van der Waals surface area contributed by atoms with E-state index in [0.29, 0.717) is 21.4 Å².